The van der Waals surface area contributed by atoms with E-state index in [2.05, 4.69) is 10.6 Å². The van der Waals surface area contributed by atoms with Crippen LogP contribution in [0.15, 0.2) is 48.5 Å². The Balaban J connectivity index is 1.98. The number of halogens is 3. The minimum Gasteiger partial charge on any atom is -0.376 e. The van der Waals surface area contributed by atoms with Gasteiger partial charge >= 0.3 is 6.18 Å². The van der Waals surface area contributed by atoms with Crippen molar-refractivity contribution in [1.29, 1.82) is 0 Å². The summed E-state index contributed by atoms with van der Waals surface area (Å²) in [6.07, 6.45) is -2.76. The summed E-state index contributed by atoms with van der Waals surface area (Å²) < 4.78 is 38.3. The maximum Gasteiger partial charge on any atom is 0.416 e. The number of carbonyl (C=O) groups is 2. The molecule has 30 heavy (non-hydrogen) atoms. The van der Waals surface area contributed by atoms with E-state index in [0.29, 0.717) is 24.3 Å². The number of carbonyl (C=O) groups excluding carboxylic acids is 2. The van der Waals surface area contributed by atoms with Crippen LogP contribution in [0.5, 0.6) is 0 Å². The molecule has 2 aromatic carbocycles. The Morgan fingerprint density at radius 1 is 0.933 bits per heavy atom. The molecule has 162 valence electrons. The Hall–Kier alpha value is -3.03. The van der Waals surface area contributed by atoms with Crippen molar-refractivity contribution in [2.45, 2.75) is 32.9 Å². The van der Waals surface area contributed by atoms with Crippen LogP contribution < -0.4 is 10.6 Å². The maximum absolute atomic E-state index is 12.8. The lowest BCUT2D eigenvalue weighted by molar-refractivity contribution is -0.137. The van der Waals surface area contributed by atoms with Gasteiger partial charge in [-0.3, -0.25) is 9.59 Å². The third-order valence-corrected chi connectivity index (χ3v) is 4.31. The lowest BCUT2D eigenvalue weighted by atomic mass is 10.1. The predicted octanol–water partition coefficient (Wildman–Crippen LogP) is 5.02. The fourth-order valence-corrected chi connectivity index (χ4v) is 2.96. The SMILES string of the molecule is CCCN(CCC)C(=O)c1cccc(NCC(=O)Nc2cccc(C(F)(F)F)c2)c1. The number of amides is 2. The van der Waals surface area contributed by atoms with Crippen LogP contribution in [0, 0.1) is 0 Å². The highest BCUT2D eigenvalue weighted by atomic mass is 19.4. The highest BCUT2D eigenvalue weighted by Crippen LogP contribution is 2.30. The van der Waals surface area contributed by atoms with Crippen LogP contribution >= 0.6 is 0 Å². The van der Waals surface area contributed by atoms with Crippen LogP contribution in [-0.4, -0.2) is 36.3 Å². The molecular formula is C22H26F3N3O2. The van der Waals surface area contributed by atoms with E-state index < -0.39 is 17.6 Å². The zero-order valence-electron chi connectivity index (χ0n) is 17.1. The summed E-state index contributed by atoms with van der Waals surface area (Å²) in [5, 5.41) is 5.34. The van der Waals surface area contributed by atoms with Crippen LogP contribution in [0.25, 0.3) is 0 Å². The van der Waals surface area contributed by atoms with Gasteiger partial charge < -0.3 is 15.5 Å². The molecule has 0 bridgehead atoms. The predicted molar refractivity (Wildman–Crippen MR) is 111 cm³/mol. The van der Waals surface area contributed by atoms with Crippen molar-refractivity contribution >= 4 is 23.2 Å². The average molecular weight is 421 g/mol. The molecule has 0 saturated carbocycles. The van der Waals surface area contributed by atoms with E-state index >= 15 is 0 Å². The molecule has 0 spiro atoms. The number of anilines is 2. The van der Waals surface area contributed by atoms with Gasteiger partial charge in [0.2, 0.25) is 5.91 Å². The molecule has 5 nitrogen and oxygen atoms in total. The number of nitrogens with zero attached hydrogens (tertiary/aromatic N) is 1. The van der Waals surface area contributed by atoms with E-state index in [-0.39, 0.29) is 18.1 Å². The van der Waals surface area contributed by atoms with Crippen LogP contribution in [-0.2, 0) is 11.0 Å². The van der Waals surface area contributed by atoms with Gasteiger partial charge in [-0.2, -0.15) is 13.2 Å². The molecule has 0 atom stereocenters. The number of benzene rings is 2. The van der Waals surface area contributed by atoms with E-state index in [1.54, 1.807) is 29.2 Å². The molecule has 2 rings (SSSR count). The lowest BCUT2D eigenvalue weighted by Gasteiger charge is -2.21. The summed E-state index contributed by atoms with van der Waals surface area (Å²) in [6, 6.07) is 11.3. The summed E-state index contributed by atoms with van der Waals surface area (Å²) in [5.41, 5.74) is 0.326. The Labute approximate surface area is 174 Å². The van der Waals surface area contributed by atoms with Gasteiger partial charge in [-0.15, -0.1) is 0 Å². The van der Waals surface area contributed by atoms with E-state index in [0.717, 1.165) is 25.0 Å². The van der Waals surface area contributed by atoms with Crippen LogP contribution in [0.4, 0.5) is 24.5 Å². The molecule has 2 aromatic rings. The molecule has 2 N–H and O–H groups in total. The van der Waals surface area contributed by atoms with E-state index in [1.807, 2.05) is 13.8 Å². The van der Waals surface area contributed by atoms with Gasteiger partial charge in [-0.25, -0.2) is 0 Å². The van der Waals surface area contributed by atoms with Gasteiger partial charge in [0.1, 0.15) is 0 Å². The molecule has 8 heteroatoms. The first-order valence-electron chi connectivity index (χ1n) is 9.85. The van der Waals surface area contributed by atoms with Crippen LogP contribution in [0.3, 0.4) is 0 Å². The van der Waals surface area contributed by atoms with Crippen molar-refractivity contribution in [2.24, 2.45) is 0 Å². The van der Waals surface area contributed by atoms with Crippen molar-refractivity contribution in [2.75, 3.05) is 30.3 Å². The molecular weight excluding hydrogens is 395 g/mol. The van der Waals surface area contributed by atoms with E-state index in [9.17, 15) is 22.8 Å². The monoisotopic (exact) mass is 421 g/mol. The minimum atomic E-state index is -4.48. The number of alkyl halides is 3. The van der Waals surface area contributed by atoms with Crippen molar-refractivity contribution in [3.8, 4) is 0 Å². The Morgan fingerprint density at radius 2 is 1.57 bits per heavy atom. The third-order valence-electron chi connectivity index (χ3n) is 4.31. The first-order chi connectivity index (χ1) is 14.2. The van der Waals surface area contributed by atoms with Gasteiger partial charge in [-0.05, 0) is 49.2 Å². The minimum absolute atomic E-state index is 0.0651. The van der Waals surface area contributed by atoms with Gasteiger partial charge in [0.25, 0.3) is 5.91 Å². The van der Waals surface area contributed by atoms with Crippen molar-refractivity contribution < 1.29 is 22.8 Å². The summed E-state index contributed by atoms with van der Waals surface area (Å²) >= 11 is 0. The third kappa shape index (κ3) is 6.79. The summed E-state index contributed by atoms with van der Waals surface area (Å²) in [5.74, 6) is -0.569. The number of hydrogen-bond donors (Lipinski definition) is 2. The average Bonchev–Trinajstić information content (AvgIpc) is 2.71. The molecule has 0 aliphatic heterocycles. The zero-order valence-corrected chi connectivity index (χ0v) is 17.1. The normalized spacial score (nSPS) is 11.1. The lowest BCUT2D eigenvalue weighted by Crippen LogP contribution is -2.32. The molecule has 0 aliphatic rings. The largest absolute Gasteiger partial charge is 0.416 e. The highest BCUT2D eigenvalue weighted by Gasteiger charge is 2.30. The second kappa shape index (κ2) is 10.7. The van der Waals surface area contributed by atoms with Crippen LogP contribution in [0.2, 0.25) is 0 Å². The smallest absolute Gasteiger partial charge is 0.376 e. The van der Waals surface area contributed by atoms with E-state index in [1.165, 1.54) is 12.1 Å². The Morgan fingerprint density at radius 3 is 2.20 bits per heavy atom. The Kier molecular flexibility index (Phi) is 8.26. The second-order valence-corrected chi connectivity index (χ2v) is 6.85. The maximum atomic E-state index is 12.8. The molecule has 0 radical (unpaired) electrons. The van der Waals surface area contributed by atoms with Gasteiger partial charge in [0.15, 0.2) is 0 Å². The first-order valence-corrected chi connectivity index (χ1v) is 9.85. The van der Waals surface area contributed by atoms with Gasteiger partial charge in [0.05, 0.1) is 12.1 Å². The molecule has 0 aliphatic carbocycles. The molecule has 0 aromatic heterocycles. The van der Waals surface area contributed by atoms with Crippen LogP contribution in [0.1, 0.15) is 42.6 Å². The van der Waals surface area contributed by atoms with Crippen molar-refractivity contribution in [1.82, 2.24) is 4.90 Å². The molecule has 0 heterocycles. The molecule has 0 unspecified atom stereocenters. The second-order valence-electron chi connectivity index (χ2n) is 6.85. The first kappa shape index (κ1) is 23.3. The fraction of sp³-hybridized carbons (Fsp3) is 0.364. The number of rotatable bonds is 9. The number of hydrogen-bond acceptors (Lipinski definition) is 3. The quantitative estimate of drug-likeness (QED) is 0.598. The fourth-order valence-electron chi connectivity index (χ4n) is 2.96. The van der Waals surface area contributed by atoms with Gasteiger partial charge in [-0.1, -0.05) is 26.0 Å². The molecule has 0 saturated heterocycles. The number of nitrogens with one attached hydrogen (secondary N) is 2. The van der Waals surface area contributed by atoms with E-state index in [4.69, 9.17) is 0 Å². The summed E-state index contributed by atoms with van der Waals surface area (Å²) in [7, 11) is 0. The molecule has 2 amide bonds. The standard InChI is InChI=1S/C22H26F3N3O2/c1-3-11-28(12-4-2)21(30)16-7-5-9-18(13-16)26-15-20(29)27-19-10-6-8-17(14-19)22(23,24)25/h5-10,13-14,26H,3-4,11-12,15H2,1-2H3,(H,27,29). The summed E-state index contributed by atoms with van der Waals surface area (Å²) in [6.45, 7) is 5.21. The van der Waals surface area contributed by atoms with Crippen molar-refractivity contribution in [3.63, 3.8) is 0 Å². The topological polar surface area (TPSA) is 61.4 Å². The Bertz CT molecular complexity index is 863. The van der Waals surface area contributed by atoms with Crippen molar-refractivity contribution in [3.05, 3.63) is 59.7 Å². The highest BCUT2D eigenvalue weighted by molar-refractivity contribution is 5.96. The zero-order chi connectivity index (χ0) is 22.1. The summed E-state index contributed by atoms with van der Waals surface area (Å²) in [4.78, 5) is 26.6. The molecule has 0 fully saturated rings. The van der Waals surface area contributed by atoms with Gasteiger partial charge in [0, 0.05) is 30.0 Å².